The lowest BCUT2D eigenvalue weighted by atomic mass is 10.0. The predicted molar refractivity (Wildman–Crippen MR) is 110 cm³/mol. The monoisotopic (exact) mass is 363 g/mol. The Morgan fingerprint density at radius 1 is 1.19 bits per heavy atom. The first-order valence-electron chi connectivity index (χ1n) is 9.04. The van der Waals surface area contributed by atoms with Gasteiger partial charge in [-0.05, 0) is 54.7 Å². The first kappa shape index (κ1) is 18.8. The largest absolute Gasteiger partial charge is 0.496 e. The summed E-state index contributed by atoms with van der Waals surface area (Å²) in [6.07, 6.45) is 3.32. The summed E-state index contributed by atoms with van der Waals surface area (Å²) in [4.78, 5) is 12.4. The Kier molecular flexibility index (Phi) is 5.36. The van der Waals surface area contributed by atoms with Gasteiger partial charge in [0.2, 0.25) is 5.91 Å². The molecule has 1 aromatic heterocycles. The number of nitrogens with one attached hydrogen (secondary N) is 1. The molecule has 140 valence electrons. The molecular weight excluding hydrogens is 338 g/mol. The van der Waals surface area contributed by atoms with Crippen LogP contribution in [0.3, 0.4) is 0 Å². The number of allylic oxidation sites excluding steroid dienone is 1. The van der Waals surface area contributed by atoms with Crippen molar-refractivity contribution >= 4 is 28.1 Å². The Labute approximate surface area is 159 Å². The van der Waals surface area contributed by atoms with Crippen LogP contribution in [-0.2, 0) is 4.79 Å². The van der Waals surface area contributed by atoms with Crippen LogP contribution in [0.5, 0.6) is 5.75 Å². The molecule has 4 nitrogen and oxygen atoms in total. The molecule has 1 amide bonds. The zero-order chi connectivity index (χ0) is 19.6. The van der Waals surface area contributed by atoms with Crippen molar-refractivity contribution in [3.8, 4) is 5.75 Å². The van der Waals surface area contributed by atoms with Crippen LogP contribution in [0.1, 0.15) is 43.4 Å². The number of carbonyl (C=O) groups is 1. The van der Waals surface area contributed by atoms with E-state index in [1.54, 1.807) is 19.4 Å². The van der Waals surface area contributed by atoms with E-state index in [-0.39, 0.29) is 5.91 Å². The minimum atomic E-state index is -0.170. The Hall–Kier alpha value is -3.01. The van der Waals surface area contributed by atoms with Gasteiger partial charge in [0.15, 0.2) is 0 Å². The number of furan rings is 1. The third-order valence-corrected chi connectivity index (χ3v) is 4.71. The summed E-state index contributed by atoms with van der Waals surface area (Å²) >= 11 is 0. The fraction of sp³-hybridized carbons (Fsp3) is 0.261. The standard InChI is InChI=1S/C23H25NO3/c1-14(2)17-6-8-18(9-7-17)24-23(25)10-15(3)19-11-20-16(4)13-27-22(20)12-21(19)26-5/h6-14H,1-5H3,(H,24,25)/b15-10+. The topological polar surface area (TPSA) is 51.5 Å². The summed E-state index contributed by atoms with van der Waals surface area (Å²) in [5.41, 5.74) is 5.55. The van der Waals surface area contributed by atoms with Crippen molar-refractivity contribution in [2.24, 2.45) is 0 Å². The minimum Gasteiger partial charge on any atom is -0.496 e. The maximum Gasteiger partial charge on any atom is 0.248 e. The summed E-state index contributed by atoms with van der Waals surface area (Å²) in [6.45, 7) is 8.19. The number of aryl methyl sites for hydroxylation is 1. The molecule has 0 fully saturated rings. The summed E-state index contributed by atoms with van der Waals surface area (Å²) < 4.78 is 11.0. The van der Waals surface area contributed by atoms with Gasteiger partial charge in [0.1, 0.15) is 11.3 Å². The third kappa shape index (κ3) is 4.05. The quantitative estimate of drug-likeness (QED) is 0.573. The van der Waals surface area contributed by atoms with Crippen LogP contribution in [-0.4, -0.2) is 13.0 Å². The van der Waals surface area contributed by atoms with Crippen LogP contribution >= 0.6 is 0 Å². The lowest BCUT2D eigenvalue weighted by Crippen LogP contribution is -2.08. The summed E-state index contributed by atoms with van der Waals surface area (Å²) in [5, 5.41) is 3.93. The molecule has 0 unspecified atom stereocenters. The molecule has 0 atom stereocenters. The van der Waals surface area contributed by atoms with Crippen molar-refractivity contribution in [1.82, 2.24) is 0 Å². The fourth-order valence-electron chi connectivity index (χ4n) is 3.06. The molecule has 3 rings (SSSR count). The van der Waals surface area contributed by atoms with E-state index in [4.69, 9.17) is 9.15 Å². The lowest BCUT2D eigenvalue weighted by molar-refractivity contribution is -0.111. The van der Waals surface area contributed by atoms with Gasteiger partial charge >= 0.3 is 0 Å². The average molecular weight is 363 g/mol. The molecule has 0 spiro atoms. The number of ether oxygens (including phenoxy) is 1. The molecule has 4 heteroatoms. The van der Waals surface area contributed by atoms with E-state index in [1.165, 1.54) is 5.56 Å². The highest BCUT2D eigenvalue weighted by molar-refractivity contribution is 6.04. The first-order valence-corrected chi connectivity index (χ1v) is 9.04. The van der Waals surface area contributed by atoms with E-state index in [9.17, 15) is 4.79 Å². The molecule has 0 aliphatic heterocycles. The lowest BCUT2D eigenvalue weighted by Gasteiger charge is -2.10. The third-order valence-electron chi connectivity index (χ3n) is 4.71. The fourth-order valence-corrected chi connectivity index (χ4v) is 3.06. The van der Waals surface area contributed by atoms with Crippen LogP contribution in [0, 0.1) is 6.92 Å². The van der Waals surface area contributed by atoms with Gasteiger partial charge in [0.05, 0.1) is 13.4 Å². The first-order chi connectivity index (χ1) is 12.9. The average Bonchev–Trinajstić information content (AvgIpc) is 3.01. The van der Waals surface area contributed by atoms with Crippen LogP contribution < -0.4 is 10.1 Å². The van der Waals surface area contributed by atoms with Crippen molar-refractivity contribution in [3.05, 3.63) is 65.4 Å². The van der Waals surface area contributed by atoms with Crippen molar-refractivity contribution in [3.63, 3.8) is 0 Å². The van der Waals surface area contributed by atoms with Crippen molar-refractivity contribution in [2.75, 3.05) is 12.4 Å². The Morgan fingerprint density at radius 3 is 2.52 bits per heavy atom. The highest BCUT2D eigenvalue weighted by atomic mass is 16.5. The number of benzene rings is 2. The second kappa shape index (κ2) is 7.70. The Bertz CT molecular complexity index is 994. The van der Waals surface area contributed by atoms with E-state index in [2.05, 4.69) is 19.2 Å². The summed E-state index contributed by atoms with van der Waals surface area (Å²) in [6, 6.07) is 11.8. The van der Waals surface area contributed by atoms with Gasteiger partial charge in [-0.1, -0.05) is 26.0 Å². The van der Waals surface area contributed by atoms with Gasteiger partial charge in [0, 0.05) is 28.8 Å². The molecule has 1 N–H and O–H groups in total. The molecule has 0 radical (unpaired) electrons. The van der Waals surface area contributed by atoms with E-state index in [0.717, 1.165) is 33.4 Å². The smallest absolute Gasteiger partial charge is 0.248 e. The van der Waals surface area contributed by atoms with Gasteiger partial charge in [-0.15, -0.1) is 0 Å². The van der Waals surface area contributed by atoms with Gasteiger partial charge < -0.3 is 14.5 Å². The Balaban J connectivity index is 1.84. The van der Waals surface area contributed by atoms with Crippen molar-refractivity contribution in [1.29, 1.82) is 0 Å². The van der Waals surface area contributed by atoms with Crippen molar-refractivity contribution in [2.45, 2.75) is 33.6 Å². The summed E-state index contributed by atoms with van der Waals surface area (Å²) in [7, 11) is 1.62. The highest BCUT2D eigenvalue weighted by Crippen LogP contribution is 2.33. The normalized spacial score (nSPS) is 11.9. The molecule has 1 heterocycles. The minimum absolute atomic E-state index is 0.170. The van der Waals surface area contributed by atoms with E-state index in [0.29, 0.717) is 11.7 Å². The van der Waals surface area contributed by atoms with Gasteiger partial charge in [-0.25, -0.2) is 0 Å². The maximum atomic E-state index is 12.4. The SMILES string of the molecule is COc1cc2occ(C)c2cc1/C(C)=C/C(=O)Nc1ccc(C(C)C)cc1. The number of hydrogen-bond acceptors (Lipinski definition) is 3. The number of fused-ring (bicyclic) bond motifs is 1. The van der Waals surface area contributed by atoms with Gasteiger partial charge in [-0.3, -0.25) is 4.79 Å². The number of carbonyl (C=O) groups excluding carboxylic acids is 1. The summed E-state index contributed by atoms with van der Waals surface area (Å²) in [5.74, 6) is 0.973. The van der Waals surface area contributed by atoms with E-state index in [1.807, 2.05) is 50.2 Å². The molecule has 0 saturated heterocycles. The maximum absolute atomic E-state index is 12.4. The molecule has 3 aromatic rings. The molecule has 0 aliphatic rings. The van der Waals surface area contributed by atoms with Crippen molar-refractivity contribution < 1.29 is 13.9 Å². The van der Waals surface area contributed by atoms with E-state index < -0.39 is 0 Å². The van der Waals surface area contributed by atoms with Gasteiger partial charge in [-0.2, -0.15) is 0 Å². The zero-order valence-electron chi connectivity index (χ0n) is 16.4. The number of anilines is 1. The van der Waals surface area contributed by atoms with E-state index >= 15 is 0 Å². The number of methoxy groups -OCH3 is 1. The zero-order valence-corrected chi connectivity index (χ0v) is 16.4. The number of hydrogen-bond donors (Lipinski definition) is 1. The molecule has 2 aromatic carbocycles. The van der Waals surface area contributed by atoms with Crippen LogP contribution in [0.25, 0.3) is 16.5 Å². The second-order valence-corrected chi connectivity index (χ2v) is 7.06. The van der Waals surface area contributed by atoms with Crippen LogP contribution in [0.2, 0.25) is 0 Å². The molecule has 0 bridgehead atoms. The number of amides is 1. The highest BCUT2D eigenvalue weighted by Gasteiger charge is 2.12. The number of rotatable bonds is 5. The van der Waals surface area contributed by atoms with Crippen LogP contribution in [0.4, 0.5) is 5.69 Å². The molecule has 0 aliphatic carbocycles. The predicted octanol–water partition coefficient (Wildman–Crippen LogP) is 5.92. The van der Waals surface area contributed by atoms with Crippen LogP contribution in [0.15, 0.2) is 53.2 Å². The Morgan fingerprint density at radius 2 is 1.89 bits per heavy atom. The molecule has 27 heavy (non-hydrogen) atoms. The molecular formula is C23H25NO3. The second-order valence-electron chi connectivity index (χ2n) is 7.06. The molecule has 0 saturated carbocycles. The van der Waals surface area contributed by atoms with Gasteiger partial charge in [0.25, 0.3) is 0 Å².